The zero-order valence-electron chi connectivity index (χ0n) is 9.12. The van der Waals surface area contributed by atoms with Gasteiger partial charge in [-0.1, -0.05) is 0 Å². The van der Waals surface area contributed by atoms with Gasteiger partial charge in [0, 0.05) is 0 Å². The van der Waals surface area contributed by atoms with Crippen LogP contribution in [0.4, 0.5) is 0 Å². The fraction of sp³-hybridized carbons (Fsp3) is 0.143. The molecule has 0 spiro atoms. The van der Waals surface area contributed by atoms with E-state index in [-0.39, 0.29) is 0 Å². The summed E-state index contributed by atoms with van der Waals surface area (Å²) in [5.41, 5.74) is 2.97. The SMILES string of the molecule is [CH3][Ge]1([CH3])[c]2ccccc2-c2cccc[c]21. The van der Waals surface area contributed by atoms with Gasteiger partial charge in [-0.15, -0.1) is 0 Å². The molecule has 0 saturated carbocycles. The fourth-order valence-electron chi connectivity index (χ4n) is 2.67. The van der Waals surface area contributed by atoms with Crippen molar-refractivity contribution >= 4 is 22.1 Å². The van der Waals surface area contributed by atoms with Crippen molar-refractivity contribution in [2.45, 2.75) is 11.5 Å². The Labute approximate surface area is 93.3 Å². The average molecular weight is 255 g/mol. The summed E-state index contributed by atoms with van der Waals surface area (Å²) in [4.78, 5) is 0. The second kappa shape index (κ2) is 2.99. The van der Waals surface area contributed by atoms with Crippen molar-refractivity contribution in [3.63, 3.8) is 0 Å². The summed E-state index contributed by atoms with van der Waals surface area (Å²) in [5.74, 6) is 4.98. The van der Waals surface area contributed by atoms with Gasteiger partial charge in [0.15, 0.2) is 0 Å². The van der Waals surface area contributed by atoms with Crippen LogP contribution >= 0.6 is 0 Å². The van der Waals surface area contributed by atoms with E-state index in [1.165, 1.54) is 11.1 Å². The maximum atomic E-state index is 2.49. The zero-order chi connectivity index (χ0) is 10.5. The molecule has 1 aliphatic heterocycles. The Hall–Kier alpha value is -1.02. The van der Waals surface area contributed by atoms with Gasteiger partial charge in [-0.3, -0.25) is 0 Å². The first-order valence-electron chi connectivity index (χ1n) is 5.40. The Kier molecular flexibility index (Phi) is 1.84. The summed E-state index contributed by atoms with van der Waals surface area (Å²) in [7, 11) is 0. The summed E-state index contributed by atoms with van der Waals surface area (Å²) >= 11 is -1.92. The standard InChI is InChI=1S/C14H14Ge/c1-15(2)13-9-5-3-7-11(13)12-8-4-6-10-14(12)15/h3-10H,1-2H3. The summed E-state index contributed by atoms with van der Waals surface area (Å²) in [6.45, 7) is 0. The molecule has 0 aliphatic carbocycles. The van der Waals surface area contributed by atoms with E-state index in [0.29, 0.717) is 0 Å². The van der Waals surface area contributed by atoms with Crippen LogP contribution in [-0.2, 0) is 0 Å². The quantitative estimate of drug-likeness (QED) is 0.634. The molecule has 2 aromatic carbocycles. The van der Waals surface area contributed by atoms with Crippen LogP contribution in [0, 0.1) is 0 Å². The first-order valence-corrected chi connectivity index (χ1v) is 11.7. The van der Waals surface area contributed by atoms with Gasteiger partial charge in [-0.2, -0.15) is 0 Å². The van der Waals surface area contributed by atoms with Crippen LogP contribution < -0.4 is 8.79 Å². The van der Waals surface area contributed by atoms with Crippen molar-refractivity contribution < 1.29 is 0 Å². The number of hydrogen-bond donors (Lipinski definition) is 0. The molecule has 0 N–H and O–H groups in total. The molecule has 1 aliphatic rings. The van der Waals surface area contributed by atoms with Gasteiger partial charge in [0.05, 0.1) is 0 Å². The molecule has 0 atom stereocenters. The summed E-state index contributed by atoms with van der Waals surface area (Å²) < 4.78 is 3.28. The molecule has 0 fully saturated rings. The van der Waals surface area contributed by atoms with E-state index in [4.69, 9.17) is 0 Å². The fourth-order valence-corrected chi connectivity index (χ4v) is 9.17. The molecule has 3 rings (SSSR count). The Morgan fingerprint density at radius 1 is 0.667 bits per heavy atom. The molecular formula is C14H14Ge. The predicted octanol–water partition coefficient (Wildman–Crippen LogP) is 2.49. The first kappa shape index (κ1) is 9.23. The van der Waals surface area contributed by atoms with E-state index in [2.05, 4.69) is 60.0 Å². The monoisotopic (exact) mass is 256 g/mol. The van der Waals surface area contributed by atoms with Crippen LogP contribution in [0.1, 0.15) is 0 Å². The van der Waals surface area contributed by atoms with E-state index >= 15 is 0 Å². The van der Waals surface area contributed by atoms with Gasteiger partial charge < -0.3 is 0 Å². The van der Waals surface area contributed by atoms with Crippen molar-refractivity contribution in [2.75, 3.05) is 0 Å². The molecule has 2 aromatic rings. The Bertz CT molecular complexity index is 479. The molecule has 0 bridgehead atoms. The second-order valence-corrected chi connectivity index (χ2v) is 13.8. The molecular weight excluding hydrogens is 241 g/mol. The molecule has 0 unspecified atom stereocenters. The average Bonchev–Trinajstić information content (AvgIpc) is 2.51. The van der Waals surface area contributed by atoms with Gasteiger partial charge >= 0.3 is 93.2 Å². The van der Waals surface area contributed by atoms with Crippen LogP contribution in [0.15, 0.2) is 48.5 Å². The molecule has 0 aromatic heterocycles. The molecule has 0 amide bonds. The zero-order valence-corrected chi connectivity index (χ0v) is 11.2. The van der Waals surface area contributed by atoms with Gasteiger partial charge in [0.1, 0.15) is 0 Å². The van der Waals surface area contributed by atoms with E-state index in [0.717, 1.165) is 0 Å². The Balaban J connectivity index is 2.42. The number of benzene rings is 2. The van der Waals surface area contributed by atoms with E-state index < -0.39 is 13.3 Å². The van der Waals surface area contributed by atoms with Crippen molar-refractivity contribution in [1.82, 2.24) is 0 Å². The first-order chi connectivity index (χ1) is 7.21. The van der Waals surface area contributed by atoms with E-state index in [1.54, 1.807) is 8.79 Å². The molecule has 0 radical (unpaired) electrons. The number of rotatable bonds is 0. The van der Waals surface area contributed by atoms with Crippen LogP contribution in [0.2, 0.25) is 11.5 Å². The van der Waals surface area contributed by atoms with Gasteiger partial charge in [0.25, 0.3) is 0 Å². The molecule has 1 heterocycles. The van der Waals surface area contributed by atoms with Crippen LogP contribution in [0.5, 0.6) is 0 Å². The third-order valence-corrected chi connectivity index (χ3v) is 11.0. The predicted molar refractivity (Wildman–Crippen MR) is 68.6 cm³/mol. The van der Waals surface area contributed by atoms with Gasteiger partial charge in [-0.05, 0) is 0 Å². The van der Waals surface area contributed by atoms with Crippen LogP contribution in [0.25, 0.3) is 11.1 Å². The summed E-state index contributed by atoms with van der Waals surface area (Å²) in [6, 6.07) is 17.9. The molecule has 15 heavy (non-hydrogen) atoms. The van der Waals surface area contributed by atoms with Crippen LogP contribution in [0.3, 0.4) is 0 Å². The summed E-state index contributed by atoms with van der Waals surface area (Å²) in [5, 5.41) is 0. The van der Waals surface area contributed by atoms with Crippen molar-refractivity contribution in [3.8, 4) is 11.1 Å². The minimum absolute atomic E-state index is 1.48. The van der Waals surface area contributed by atoms with Crippen molar-refractivity contribution in [1.29, 1.82) is 0 Å². The van der Waals surface area contributed by atoms with Crippen molar-refractivity contribution in [3.05, 3.63) is 48.5 Å². The molecule has 1 heteroatoms. The van der Waals surface area contributed by atoms with E-state index in [9.17, 15) is 0 Å². The number of fused-ring (bicyclic) bond motifs is 3. The number of hydrogen-bond acceptors (Lipinski definition) is 0. The molecule has 0 nitrogen and oxygen atoms in total. The van der Waals surface area contributed by atoms with Crippen molar-refractivity contribution in [2.24, 2.45) is 0 Å². The maximum absolute atomic E-state index is 2.49. The molecule has 0 saturated heterocycles. The third-order valence-electron chi connectivity index (χ3n) is 3.49. The topological polar surface area (TPSA) is 0 Å². The normalized spacial score (nSPS) is 15.9. The minimum atomic E-state index is -1.92. The van der Waals surface area contributed by atoms with Gasteiger partial charge in [-0.25, -0.2) is 0 Å². The third kappa shape index (κ3) is 1.14. The van der Waals surface area contributed by atoms with E-state index in [1.807, 2.05) is 0 Å². The Morgan fingerprint density at radius 3 is 1.53 bits per heavy atom. The summed E-state index contributed by atoms with van der Waals surface area (Å²) in [6.07, 6.45) is 0. The molecule has 74 valence electrons. The van der Waals surface area contributed by atoms with Gasteiger partial charge in [0.2, 0.25) is 0 Å². The Morgan fingerprint density at radius 2 is 1.07 bits per heavy atom. The van der Waals surface area contributed by atoms with Crippen LogP contribution in [-0.4, -0.2) is 13.3 Å². The second-order valence-electron chi connectivity index (χ2n) is 4.72.